The number of piperidine rings is 2. The van der Waals surface area contributed by atoms with Crippen LogP contribution in [0.2, 0.25) is 0 Å². The molecule has 2 heterocycles. The molecule has 0 aliphatic carbocycles. The van der Waals surface area contributed by atoms with E-state index in [-0.39, 0.29) is 29.3 Å². The number of nitrogens with zero attached hydrogens (tertiary/aromatic N) is 1. The van der Waals surface area contributed by atoms with Gasteiger partial charge in [0.05, 0.1) is 6.04 Å². The van der Waals surface area contributed by atoms with E-state index in [0.717, 1.165) is 45.3 Å². The first-order valence-electron chi connectivity index (χ1n) is 7.69. The van der Waals surface area contributed by atoms with Gasteiger partial charge in [-0.2, -0.15) is 0 Å². The number of carbonyl (C=O) groups excluding carboxylic acids is 2. The van der Waals surface area contributed by atoms with Crippen LogP contribution >= 0.6 is 0 Å². The summed E-state index contributed by atoms with van der Waals surface area (Å²) < 4.78 is 0. The lowest BCUT2D eigenvalue weighted by Crippen LogP contribution is -2.58. The van der Waals surface area contributed by atoms with Gasteiger partial charge >= 0.3 is 0 Å². The molecular formula is C15H27N3O2. The number of amides is 2. The van der Waals surface area contributed by atoms with E-state index in [0.29, 0.717) is 0 Å². The minimum Gasteiger partial charge on any atom is -0.352 e. The van der Waals surface area contributed by atoms with Crippen molar-refractivity contribution in [2.24, 2.45) is 5.41 Å². The van der Waals surface area contributed by atoms with Crippen molar-refractivity contribution in [2.75, 3.05) is 19.6 Å². The smallest absolute Gasteiger partial charge is 0.237 e. The number of rotatable bonds is 2. The van der Waals surface area contributed by atoms with Crippen molar-refractivity contribution in [1.29, 1.82) is 0 Å². The maximum absolute atomic E-state index is 12.4. The van der Waals surface area contributed by atoms with Crippen LogP contribution in [0.3, 0.4) is 0 Å². The molecule has 0 saturated carbocycles. The van der Waals surface area contributed by atoms with E-state index in [1.165, 1.54) is 0 Å². The van der Waals surface area contributed by atoms with Crippen molar-refractivity contribution < 1.29 is 9.59 Å². The molecule has 2 amide bonds. The summed E-state index contributed by atoms with van der Waals surface area (Å²) in [4.78, 5) is 25.6. The van der Waals surface area contributed by atoms with Gasteiger partial charge in [-0.15, -0.1) is 0 Å². The summed E-state index contributed by atoms with van der Waals surface area (Å²) in [6.45, 7) is 8.34. The van der Waals surface area contributed by atoms with Crippen LogP contribution in [0.15, 0.2) is 0 Å². The SMILES string of the molecule is CC(=O)N1CCC(NC(=O)C2NCCCC2(C)C)CC1. The second kappa shape index (κ2) is 6.12. The summed E-state index contributed by atoms with van der Waals surface area (Å²) in [5.74, 6) is 0.251. The van der Waals surface area contributed by atoms with Crippen molar-refractivity contribution in [1.82, 2.24) is 15.5 Å². The topological polar surface area (TPSA) is 61.4 Å². The predicted molar refractivity (Wildman–Crippen MR) is 78.2 cm³/mol. The summed E-state index contributed by atoms with van der Waals surface area (Å²) in [5, 5.41) is 6.51. The van der Waals surface area contributed by atoms with Crippen molar-refractivity contribution in [3.63, 3.8) is 0 Å². The van der Waals surface area contributed by atoms with Crippen molar-refractivity contribution in [2.45, 2.75) is 58.5 Å². The molecule has 2 aliphatic heterocycles. The highest BCUT2D eigenvalue weighted by molar-refractivity contribution is 5.83. The van der Waals surface area contributed by atoms with E-state index in [4.69, 9.17) is 0 Å². The Morgan fingerprint density at radius 1 is 1.25 bits per heavy atom. The Hall–Kier alpha value is -1.10. The Labute approximate surface area is 121 Å². The molecule has 2 fully saturated rings. The van der Waals surface area contributed by atoms with Crippen LogP contribution in [0.5, 0.6) is 0 Å². The van der Waals surface area contributed by atoms with E-state index < -0.39 is 0 Å². The Morgan fingerprint density at radius 3 is 2.45 bits per heavy atom. The maximum atomic E-state index is 12.4. The van der Waals surface area contributed by atoms with Crippen molar-refractivity contribution >= 4 is 11.8 Å². The molecule has 5 nitrogen and oxygen atoms in total. The molecule has 2 rings (SSSR count). The number of likely N-dealkylation sites (tertiary alicyclic amines) is 1. The van der Waals surface area contributed by atoms with Gasteiger partial charge in [-0.25, -0.2) is 0 Å². The van der Waals surface area contributed by atoms with E-state index >= 15 is 0 Å². The summed E-state index contributed by atoms with van der Waals surface area (Å²) in [6, 6.07) is 0.111. The van der Waals surface area contributed by atoms with Gasteiger partial charge in [-0.1, -0.05) is 13.8 Å². The second-order valence-electron chi connectivity index (χ2n) is 6.77. The van der Waals surface area contributed by atoms with Crippen molar-refractivity contribution in [3.05, 3.63) is 0 Å². The largest absolute Gasteiger partial charge is 0.352 e. The Kier molecular flexibility index (Phi) is 4.68. The fourth-order valence-electron chi connectivity index (χ4n) is 3.28. The highest BCUT2D eigenvalue weighted by Crippen LogP contribution is 2.30. The molecule has 2 N–H and O–H groups in total. The number of hydrogen-bond acceptors (Lipinski definition) is 3. The first-order chi connectivity index (χ1) is 9.40. The zero-order chi connectivity index (χ0) is 14.8. The second-order valence-corrected chi connectivity index (χ2v) is 6.77. The van der Waals surface area contributed by atoms with Crippen molar-refractivity contribution in [3.8, 4) is 0 Å². The van der Waals surface area contributed by atoms with E-state index in [2.05, 4.69) is 24.5 Å². The van der Waals surface area contributed by atoms with Gasteiger partial charge in [0, 0.05) is 26.1 Å². The lowest BCUT2D eigenvalue weighted by molar-refractivity contribution is -0.130. The molecule has 0 bridgehead atoms. The summed E-state index contributed by atoms with van der Waals surface area (Å²) in [7, 11) is 0. The molecule has 20 heavy (non-hydrogen) atoms. The van der Waals surface area contributed by atoms with Crippen LogP contribution in [0, 0.1) is 5.41 Å². The lowest BCUT2D eigenvalue weighted by Gasteiger charge is -2.39. The molecule has 2 saturated heterocycles. The van der Waals surface area contributed by atoms with Crippen LogP contribution in [-0.4, -0.2) is 48.4 Å². The third-order valence-electron chi connectivity index (χ3n) is 4.68. The molecular weight excluding hydrogens is 254 g/mol. The number of hydrogen-bond donors (Lipinski definition) is 2. The molecule has 114 valence electrons. The van der Waals surface area contributed by atoms with Crippen LogP contribution in [0.4, 0.5) is 0 Å². The fraction of sp³-hybridized carbons (Fsp3) is 0.867. The first-order valence-corrected chi connectivity index (χ1v) is 7.69. The van der Waals surface area contributed by atoms with E-state index in [9.17, 15) is 9.59 Å². The average Bonchev–Trinajstić information content (AvgIpc) is 2.38. The van der Waals surface area contributed by atoms with Crippen LogP contribution in [-0.2, 0) is 9.59 Å². The van der Waals surface area contributed by atoms with Gasteiger partial charge < -0.3 is 15.5 Å². The quantitative estimate of drug-likeness (QED) is 0.790. The Balaban J connectivity index is 1.84. The van der Waals surface area contributed by atoms with E-state index in [1.54, 1.807) is 6.92 Å². The normalized spacial score (nSPS) is 27.1. The fourth-order valence-corrected chi connectivity index (χ4v) is 3.28. The third kappa shape index (κ3) is 3.51. The van der Waals surface area contributed by atoms with Gasteiger partial charge in [0.25, 0.3) is 0 Å². The summed E-state index contributed by atoms with van der Waals surface area (Å²) in [6.07, 6.45) is 3.94. The average molecular weight is 281 g/mol. The zero-order valence-corrected chi connectivity index (χ0v) is 12.9. The molecule has 0 aromatic rings. The molecule has 1 unspecified atom stereocenters. The van der Waals surface area contributed by atoms with Gasteiger partial charge in [-0.3, -0.25) is 9.59 Å². The molecule has 1 atom stereocenters. The number of carbonyl (C=O) groups is 2. The number of nitrogens with one attached hydrogen (secondary N) is 2. The van der Waals surface area contributed by atoms with Gasteiger partial charge in [0.1, 0.15) is 0 Å². The lowest BCUT2D eigenvalue weighted by atomic mass is 9.77. The molecule has 0 spiro atoms. The molecule has 0 radical (unpaired) electrons. The molecule has 0 aromatic heterocycles. The molecule has 0 aromatic carbocycles. The summed E-state index contributed by atoms with van der Waals surface area (Å²) >= 11 is 0. The van der Waals surface area contributed by atoms with Crippen LogP contribution < -0.4 is 10.6 Å². The highest BCUT2D eigenvalue weighted by atomic mass is 16.2. The van der Waals surface area contributed by atoms with Crippen LogP contribution in [0.1, 0.15) is 46.5 Å². The van der Waals surface area contributed by atoms with Gasteiger partial charge in [0.2, 0.25) is 11.8 Å². The minimum atomic E-state index is -0.0953. The maximum Gasteiger partial charge on any atom is 0.237 e. The first kappa shape index (κ1) is 15.3. The highest BCUT2D eigenvalue weighted by Gasteiger charge is 2.37. The van der Waals surface area contributed by atoms with Gasteiger partial charge in [0.15, 0.2) is 0 Å². The predicted octanol–water partition coefficient (Wildman–Crippen LogP) is 0.892. The summed E-state index contributed by atoms with van der Waals surface area (Å²) in [5.41, 5.74) is 0.0163. The monoisotopic (exact) mass is 281 g/mol. The Bertz CT molecular complexity index is 373. The van der Waals surface area contributed by atoms with E-state index in [1.807, 2.05) is 4.90 Å². The Morgan fingerprint density at radius 2 is 1.90 bits per heavy atom. The molecule has 5 heteroatoms. The minimum absolute atomic E-state index is 0.0163. The standard InChI is InChI=1S/C15H27N3O2/c1-11(19)18-9-5-12(6-10-18)17-14(20)13-15(2,3)7-4-8-16-13/h12-13,16H,4-10H2,1-3H3,(H,17,20). The molecule has 2 aliphatic rings. The zero-order valence-electron chi connectivity index (χ0n) is 12.9. The van der Waals surface area contributed by atoms with Crippen LogP contribution in [0.25, 0.3) is 0 Å². The van der Waals surface area contributed by atoms with Gasteiger partial charge in [-0.05, 0) is 37.6 Å². The third-order valence-corrected chi connectivity index (χ3v) is 4.68.